The van der Waals surface area contributed by atoms with Crippen LogP contribution in [0.25, 0.3) is 0 Å². The number of hydrogen-bond donors (Lipinski definition) is 1. The third-order valence-electron chi connectivity index (χ3n) is 2.99. The molecule has 1 atom stereocenters. The summed E-state index contributed by atoms with van der Waals surface area (Å²) >= 11 is 0. The van der Waals surface area contributed by atoms with Gasteiger partial charge in [-0.15, -0.1) is 0 Å². The maximum Gasteiger partial charge on any atom is 0.155 e. The summed E-state index contributed by atoms with van der Waals surface area (Å²) in [5.74, 6) is 0.775. The van der Waals surface area contributed by atoms with E-state index in [1.54, 1.807) is 20.8 Å². The number of hydrogen-bond acceptors (Lipinski definition) is 3. The van der Waals surface area contributed by atoms with Crippen molar-refractivity contribution in [3.63, 3.8) is 0 Å². The van der Waals surface area contributed by atoms with Crippen molar-refractivity contribution in [1.82, 2.24) is 5.32 Å². The fourth-order valence-corrected chi connectivity index (χ4v) is 2.68. The molecule has 0 spiro atoms. The fourth-order valence-electron chi connectivity index (χ4n) is 1.43. The Labute approximate surface area is 101 Å². The minimum absolute atomic E-state index is 0.306. The molecular formula is C12H27NO2S. The van der Waals surface area contributed by atoms with Crippen molar-refractivity contribution in [2.24, 2.45) is 5.92 Å². The molecule has 1 N–H and O–H groups in total. The van der Waals surface area contributed by atoms with Gasteiger partial charge in [-0.05, 0) is 46.2 Å². The number of nitrogens with one attached hydrogen (secondary N) is 1. The van der Waals surface area contributed by atoms with Gasteiger partial charge in [0.25, 0.3) is 0 Å². The van der Waals surface area contributed by atoms with Crippen LogP contribution in [0.3, 0.4) is 0 Å². The van der Waals surface area contributed by atoms with E-state index in [1.807, 2.05) is 0 Å². The molecule has 0 aromatic carbocycles. The Bertz CT molecular complexity index is 278. The van der Waals surface area contributed by atoms with Crippen LogP contribution in [0.15, 0.2) is 0 Å². The van der Waals surface area contributed by atoms with Gasteiger partial charge in [0.1, 0.15) is 0 Å². The van der Waals surface area contributed by atoms with Gasteiger partial charge in [-0.3, -0.25) is 0 Å². The molecule has 98 valence electrons. The monoisotopic (exact) mass is 249 g/mol. The third-order valence-corrected chi connectivity index (χ3v) is 5.63. The van der Waals surface area contributed by atoms with Gasteiger partial charge in [-0.25, -0.2) is 8.42 Å². The molecule has 0 aliphatic carbocycles. The van der Waals surface area contributed by atoms with E-state index in [0.717, 1.165) is 25.9 Å². The van der Waals surface area contributed by atoms with Crippen LogP contribution in [0, 0.1) is 5.92 Å². The molecule has 0 aromatic heterocycles. The first kappa shape index (κ1) is 15.9. The smallest absolute Gasteiger partial charge is 0.155 e. The van der Waals surface area contributed by atoms with Crippen LogP contribution in [-0.4, -0.2) is 32.0 Å². The van der Waals surface area contributed by atoms with E-state index in [1.165, 1.54) is 0 Å². The largest absolute Gasteiger partial charge is 0.317 e. The van der Waals surface area contributed by atoms with Crippen LogP contribution in [0.5, 0.6) is 0 Å². The summed E-state index contributed by atoms with van der Waals surface area (Å²) in [6.07, 6.45) is 1.80. The van der Waals surface area contributed by atoms with Crippen LogP contribution < -0.4 is 5.32 Å². The second kappa shape index (κ2) is 6.60. The summed E-state index contributed by atoms with van der Waals surface area (Å²) < 4.78 is 23.2. The highest BCUT2D eigenvalue weighted by Crippen LogP contribution is 2.19. The first-order chi connectivity index (χ1) is 7.24. The Balaban J connectivity index is 4.21. The summed E-state index contributed by atoms with van der Waals surface area (Å²) in [7, 11) is -2.96. The topological polar surface area (TPSA) is 46.2 Å². The summed E-state index contributed by atoms with van der Waals surface area (Å²) in [6.45, 7) is 11.4. The van der Waals surface area contributed by atoms with Crippen LogP contribution in [-0.2, 0) is 9.84 Å². The van der Waals surface area contributed by atoms with Gasteiger partial charge in [-0.2, -0.15) is 0 Å². The van der Waals surface area contributed by atoms with Crippen LogP contribution in [0.4, 0.5) is 0 Å². The zero-order valence-electron chi connectivity index (χ0n) is 11.3. The molecule has 4 heteroatoms. The van der Waals surface area contributed by atoms with Crippen molar-refractivity contribution in [2.45, 2.75) is 52.2 Å². The summed E-state index contributed by atoms with van der Waals surface area (Å²) in [6, 6.07) is 0. The molecule has 0 bridgehead atoms. The second-order valence-electron chi connectivity index (χ2n) is 5.30. The molecule has 16 heavy (non-hydrogen) atoms. The van der Waals surface area contributed by atoms with Crippen molar-refractivity contribution >= 4 is 9.84 Å². The second-order valence-corrected chi connectivity index (χ2v) is 8.16. The lowest BCUT2D eigenvalue weighted by molar-refractivity contribution is 0.452. The number of rotatable bonds is 7. The summed E-state index contributed by atoms with van der Waals surface area (Å²) in [5.41, 5.74) is 0. The summed E-state index contributed by atoms with van der Waals surface area (Å²) in [5, 5.41) is 3.28. The molecule has 0 rings (SSSR count). The Kier molecular flexibility index (Phi) is 6.56. The van der Waals surface area contributed by atoms with Crippen LogP contribution in [0.2, 0.25) is 0 Å². The molecule has 3 nitrogen and oxygen atoms in total. The van der Waals surface area contributed by atoms with E-state index in [0.29, 0.717) is 11.7 Å². The Hall–Kier alpha value is -0.0900. The predicted molar refractivity (Wildman–Crippen MR) is 70.5 cm³/mol. The van der Waals surface area contributed by atoms with Gasteiger partial charge in [0.15, 0.2) is 9.84 Å². The lowest BCUT2D eigenvalue weighted by atomic mass is 10.0. The standard InChI is InChI=1S/C12H27NO2S/c1-6-11(10-13-7-2)8-9-16(14,15)12(3,4)5/h11,13H,6-10H2,1-5H3. The van der Waals surface area contributed by atoms with E-state index in [4.69, 9.17) is 0 Å². The SMILES string of the molecule is CCNCC(CC)CCS(=O)(=O)C(C)(C)C. The molecular weight excluding hydrogens is 222 g/mol. The number of sulfone groups is 1. The highest BCUT2D eigenvalue weighted by atomic mass is 32.2. The van der Waals surface area contributed by atoms with Crippen molar-refractivity contribution in [3.8, 4) is 0 Å². The highest BCUT2D eigenvalue weighted by molar-refractivity contribution is 7.92. The van der Waals surface area contributed by atoms with Gasteiger partial charge >= 0.3 is 0 Å². The van der Waals surface area contributed by atoms with Crippen molar-refractivity contribution in [2.75, 3.05) is 18.8 Å². The third kappa shape index (κ3) is 5.30. The molecule has 1 unspecified atom stereocenters. The maximum atomic E-state index is 11.9. The van der Waals surface area contributed by atoms with Crippen molar-refractivity contribution < 1.29 is 8.42 Å². The predicted octanol–water partition coefficient (Wildman–Crippen LogP) is 2.23. The zero-order valence-corrected chi connectivity index (χ0v) is 12.2. The Morgan fingerprint density at radius 2 is 1.75 bits per heavy atom. The van der Waals surface area contributed by atoms with Crippen LogP contribution in [0.1, 0.15) is 47.5 Å². The van der Waals surface area contributed by atoms with Crippen molar-refractivity contribution in [3.05, 3.63) is 0 Å². The average molecular weight is 249 g/mol. The molecule has 0 aliphatic heterocycles. The fraction of sp³-hybridized carbons (Fsp3) is 1.00. The van der Waals surface area contributed by atoms with E-state index in [9.17, 15) is 8.42 Å². The minimum Gasteiger partial charge on any atom is -0.317 e. The molecule has 0 saturated carbocycles. The molecule has 0 amide bonds. The lowest BCUT2D eigenvalue weighted by Gasteiger charge is -2.21. The van der Waals surface area contributed by atoms with E-state index in [-0.39, 0.29) is 0 Å². The van der Waals surface area contributed by atoms with Gasteiger partial charge < -0.3 is 5.32 Å². The van der Waals surface area contributed by atoms with Crippen LogP contribution >= 0.6 is 0 Å². The van der Waals surface area contributed by atoms with Gasteiger partial charge in [0.05, 0.1) is 10.5 Å². The van der Waals surface area contributed by atoms with E-state index >= 15 is 0 Å². The average Bonchev–Trinajstić information content (AvgIpc) is 2.16. The Morgan fingerprint density at radius 1 is 1.19 bits per heavy atom. The molecule has 0 fully saturated rings. The van der Waals surface area contributed by atoms with Gasteiger partial charge in [-0.1, -0.05) is 20.3 Å². The Morgan fingerprint density at radius 3 is 2.12 bits per heavy atom. The van der Waals surface area contributed by atoms with Gasteiger partial charge in [0, 0.05) is 0 Å². The zero-order chi connectivity index (χ0) is 12.8. The van der Waals surface area contributed by atoms with Crippen molar-refractivity contribution in [1.29, 1.82) is 0 Å². The maximum absolute atomic E-state index is 11.9. The first-order valence-electron chi connectivity index (χ1n) is 6.17. The van der Waals surface area contributed by atoms with E-state index in [2.05, 4.69) is 19.2 Å². The van der Waals surface area contributed by atoms with E-state index < -0.39 is 14.6 Å². The van der Waals surface area contributed by atoms with Gasteiger partial charge in [0.2, 0.25) is 0 Å². The molecule has 0 heterocycles. The molecule has 0 aromatic rings. The quantitative estimate of drug-likeness (QED) is 0.752. The normalized spacial score (nSPS) is 15.1. The molecule has 0 saturated heterocycles. The highest BCUT2D eigenvalue weighted by Gasteiger charge is 2.28. The molecule has 0 radical (unpaired) electrons. The molecule has 0 aliphatic rings. The lowest BCUT2D eigenvalue weighted by Crippen LogP contribution is -2.32. The summed E-state index contributed by atoms with van der Waals surface area (Å²) in [4.78, 5) is 0. The minimum atomic E-state index is -2.96. The first-order valence-corrected chi connectivity index (χ1v) is 7.82.